The zero-order valence-corrected chi connectivity index (χ0v) is 43.7. The van der Waals surface area contributed by atoms with Crippen molar-refractivity contribution < 1.29 is 109 Å². The number of allylic oxidation sites excluding steroid dienone is 1. The minimum absolute atomic E-state index is 0.0355. The molecule has 0 amide bonds. The first-order chi connectivity index (χ1) is 35.0. The maximum atomic E-state index is 12.1. The molecular formula is C52H86O22. The van der Waals surface area contributed by atoms with E-state index in [2.05, 4.69) is 26.8 Å². The van der Waals surface area contributed by atoms with Gasteiger partial charge in [-0.25, -0.2) is 0 Å². The van der Waals surface area contributed by atoms with Crippen LogP contribution < -0.4 is 0 Å². The third kappa shape index (κ3) is 10.1. The van der Waals surface area contributed by atoms with Gasteiger partial charge in [-0.15, -0.1) is 0 Å². The fraction of sp³-hybridized carbons (Fsp3) is 0.962. The van der Waals surface area contributed by atoms with Crippen molar-refractivity contribution >= 4 is 0 Å². The van der Waals surface area contributed by atoms with Crippen LogP contribution in [0.3, 0.4) is 0 Å². The fourth-order valence-corrected chi connectivity index (χ4v) is 15.3. The average molecular weight is 1060 g/mol. The maximum Gasteiger partial charge on any atom is 0.187 e. The van der Waals surface area contributed by atoms with E-state index in [1.165, 1.54) is 19.4 Å². The SMILES string of the molecule is COC12CC3C4CC=C5CC(OC6OC(CO)C(OC7OC(C)C(O)C(O)C7O)C(O)C6OC6OC(C)C(O)C(O)C6O)CCC5(C)C4CCC3(C)C1C(C)C(CCC(C)COC1OC(CO)C(O)C(O)C1O)O2. The lowest BCUT2D eigenvalue weighted by Crippen LogP contribution is -2.66. The molecule has 31 unspecified atom stereocenters. The molecule has 31 atom stereocenters. The van der Waals surface area contributed by atoms with E-state index in [1.54, 1.807) is 7.11 Å². The number of rotatable bonds is 15. The van der Waals surface area contributed by atoms with Crippen LogP contribution in [0.2, 0.25) is 0 Å². The topological polar surface area (TPSA) is 335 Å². The molecular weight excluding hydrogens is 977 g/mol. The van der Waals surface area contributed by atoms with Gasteiger partial charge in [0, 0.05) is 19.4 Å². The Bertz CT molecular complexity index is 1920. The molecule has 0 aromatic heterocycles. The summed E-state index contributed by atoms with van der Waals surface area (Å²) in [5.41, 5.74) is 1.10. The van der Waals surface area contributed by atoms with Crippen LogP contribution >= 0.6 is 0 Å². The van der Waals surface area contributed by atoms with Crippen LogP contribution in [-0.4, -0.2) is 229 Å². The Morgan fingerprint density at radius 1 is 0.635 bits per heavy atom. The van der Waals surface area contributed by atoms with E-state index >= 15 is 0 Å². The summed E-state index contributed by atoms with van der Waals surface area (Å²) in [6, 6.07) is 0. The third-order valence-electron chi connectivity index (χ3n) is 19.7. The summed E-state index contributed by atoms with van der Waals surface area (Å²) >= 11 is 0. The number of methoxy groups -OCH3 is 1. The Morgan fingerprint density at radius 3 is 1.85 bits per heavy atom. The minimum Gasteiger partial charge on any atom is -0.394 e. The molecule has 22 nitrogen and oxygen atoms in total. The number of aliphatic hydroxyl groups excluding tert-OH is 12. The maximum absolute atomic E-state index is 12.1. The lowest BCUT2D eigenvalue weighted by Gasteiger charge is -2.58. The smallest absolute Gasteiger partial charge is 0.187 e. The predicted octanol–water partition coefficient (Wildman–Crippen LogP) is -1.33. The number of hydrogen-bond donors (Lipinski definition) is 12. The Labute approximate surface area is 432 Å². The molecule has 5 saturated heterocycles. The van der Waals surface area contributed by atoms with Crippen LogP contribution in [0.5, 0.6) is 0 Å². The molecule has 0 bridgehead atoms. The first kappa shape index (κ1) is 57.5. The molecule has 9 rings (SSSR count). The molecule has 74 heavy (non-hydrogen) atoms. The monoisotopic (exact) mass is 1060 g/mol. The molecule has 0 aromatic rings. The summed E-state index contributed by atoms with van der Waals surface area (Å²) in [5.74, 6) is 0.832. The number of aliphatic hydroxyl groups is 12. The van der Waals surface area contributed by atoms with Crippen molar-refractivity contribution in [3.63, 3.8) is 0 Å². The van der Waals surface area contributed by atoms with Crippen molar-refractivity contribution in [2.75, 3.05) is 26.9 Å². The first-order valence-electron chi connectivity index (χ1n) is 27.2. The zero-order chi connectivity index (χ0) is 53.5. The van der Waals surface area contributed by atoms with E-state index in [4.69, 9.17) is 47.4 Å². The van der Waals surface area contributed by atoms with Crippen LogP contribution in [0.15, 0.2) is 11.6 Å². The molecule has 3 saturated carbocycles. The van der Waals surface area contributed by atoms with Crippen LogP contribution in [0, 0.1) is 46.3 Å². The zero-order valence-electron chi connectivity index (χ0n) is 43.7. The highest BCUT2D eigenvalue weighted by atomic mass is 16.8. The van der Waals surface area contributed by atoms with Gasteiger partial charge >= 0.3 is 0 Å². The highest BCUT2D eigenvalue weighted by Gasteiger charge is 2.71. The van der Waals surface area contributed by atoms with Crippen molar-refractivity contribution in [2.45, 2.75) is 240 Å². The standard InChI is InChI=1S/C52H86O22/c1-21(20-66-46-39(61)38(60)35(57)31(18-53)70-46)8-11-30-22(2)45-51(6)15-13-28-27(29(51)17-52(45,65-7)74-30)10-9-25-16-26(12-14-50(25,28)5)69-49-44(73-48-41(63)37(59)34(56)24(4)68-48)42(64)43(32(19-54)71-49)72-47-40(62)36(58)33(55)23(3)67-47/h9,21-24,26-49,53-64H,8,10-20H2,1-7H3. The predicted molar refractivity (Wildman–Crippen MR) is 254 cm³/mol. The van der Waals surface area contributed by atoms with Crippen molar-refractivity contribution in [2.24, 2.45) is 46.3 Å². The van der Waals surface area contributed by atoms with Crippen molar-refractivity contribution in [3.8, 4) is 0 Å². The van der Waals surface area contributed by atoms with Gasteiger partial charge < -0.3 is 109 Å². The number of fused-ring (bicyclic) bond motifs is 7. The molecule has 5 heterocycles. The molecule has 9 aliphatic rings. The summed E-state index contributed by atoms with van der Waals surface area (Å²) in [6.07, 6.45) is -19.5. The molecule has 5 aliphatic heterocycles. The van der Waals surface area contributed by atoms with Crippen LogP contribution in [0.25, 0.3) is 0 Å². The van der Waals surface area contributed by atoms with Crippen LogP contribution in [0.1, 0.15) is 99.3 Å². The van der Waals surface area contributed by atoms with Crippen molar-refractivity contribution in [1.82, 2.24) is 0 Å². The largest absolute Gasteiger partial charge is 0.394 e. The van der Waals surface area contributed by atoms with Gasteiger partial charge in [-0.2, -0.15) is 0 Å². The van der Waals surface area contributed by atoms with Crippen LogP contribution in [-0.2, 0) is 47.4 Å². The van der Waals surface area contributed by atoms with Crippen molar-refractivity contribution in [1.29, 1.82) is 0 Å². The van der Waals surface area contributed by atoms with Gasteiger partial charge in [0.05, 0.1) is 44.2 Å². The van der Waals surface area contributed by atoms with E-state index in [0.29, 0.717) is 30.6 Å². The van der Waals surface area contributed by atoms with Gasteiger partial charge in [-0.3, -0.25) is 0 Å². The normalized spacial score (nSPS) is 54.9. The van der Waals surface area contributed by atoms with Gasteiger partial charge in [0.2, 0.25) is 0 Å². The van der Waals surface area contributed by atoms with E-state index < -0.39 is 148 Å². The Hall–Kier alpha value is -1.14. The second kappa shape index (κ2) is 22.4. The summed E-state index contributed by atoms with van der Waals surface area (Å²) in [5, 5.41) is 127. The van der Waals surface area contributed by atoms with E-state index in [0.717, 1.165) is 44.9 Å². The lowest BCUT2D eigenvalue weighted by molar-refractivity contribution is -0.388. The van der Waals surface area contributed by atoms with E-state index in [1.807, 2.05) is 6.92 Å². The van der Waals surface area contributed by atoms with Gasteiger partial charge in [0.25, 0.3) is 0 Å². The number of hydrogen-bond acceptors (Lipinski definition) is 22. The molecule has 12 N–H and O–H groups in total. The third-order valence-corrected chi connectivity index (χ3v) is 19.7. The van der Waals surface area contributed by atoms with E-state index in [-0.39, 0.29) is 41.3 Å². The first-order valence-corrected chi connectivity index (χ1v) is 27.2. The minimum atomic E-state index is -1.75. The van der Waals surface area contributed by atoms with Crippen molar-refractivity contribution in [3.05, 3.63) is 11.6 Å². The Balaban J connectivity index is 0.858. The molecule has 4 aliphatic carbocycles. The van der Waals surface area contributed by atoms with Gasteiger partial charge in [0.15, 0.2) is 30.9 Å². The van der Waals surface area contributed by atoms with Crippen LogP contribution in [0.4, 0.5) is 0 Å². The van der Waals surface area contributed by atoms with Gasteiger partial charge in [-0.05, 0) is 106 Å². The molecule has 426 valence electrons. The average Bonchev–Trinajstić information content (AvgIpc) is 3.83. The Kier molecular flexibility index (Phi) is 17.4. The number of ether oxygens (including phenoxy) is 10. The fourth-order valence-electron chi connectivity index (χ4n) is 15.3. The second-order valence-corrected chi connectivity index (χ2v) is 24.0. The van der Waals surface area contributed by atoms with Gasteiger partial charge in [-0.1, -0.05) is 39.3 Å². The molecule has 0 radical (unpaired) electrons. The second-order valence-electron chi connectivity index (χ2n) is 24.0. The highest BCUT2D eigenvalue weighted by Crippen LogP contribution is 2.72. The summed E-state index contributed by atoms with van der Waals surface area (Å²) in [6.45, 7) is 11.1. The quantitative estimate of drug-likeness (QED) is 0.0846. The summed E-state index contributed by atoms with van der Waals surface area (Å²) < 4.78 is 61.7. The molecule has 8 fully saturated rings. The molecule has 0 aromatic carbocycles. The Morgan fingerprint density at radius 2 is 1.23 bits per heavy atom. The highest BCUT2D eigenvalue weighted by molar-refractivity contribution is 5.27. The lowest BCUT2D eigenvalue weighted by atomic mass is 9.47. The van der Waals surface area contributed by atoms with Gasteiger partial charge in [0.1, 0.15) is 85.5 Å². The van der Waals surface area contributed by atoms with E-state index in [9.17, 15) is 61.3 Å². The summed E-state index contributed by atoms with van der Waals surface area (Å²) in [7, 11) is 1.77. The molecule has 22 heteroatoms. The molecule has 0 spiro atoms. The summed E-state index contributed by atoms with van der Waals surface area (Å²) in [4.78, 5) is 0.